The summed E-state index contributed by atoms with van der Waals surface area (Å²) in [5.41, 5.74) is 2.43. The van der Waals surface area contributed by atoms with Gasteiger partial charge in [0.15, 0.2) is 11.5 Å². The van der Waals surface area contributed by atoms with Crippen LogP contribution in [0.1, 0.15) is 33.3 Å². The Hall–Kier alpha value is -2.89. The summed E-state index contributed by atoms with van der Waals surface area (Å²) < 4.78 is 17.0. The van der Waals surface area contributed by atoms with Crippen molar-refractivity contribution in [2.75, 3.05) is 30.5 Å². The first-order valence-corrected chi connectivity index (χ1v) is 9.35. The van der Waals surface area contributed by atoms with Crippen LogP contribution >= 0.6 is 0 Å². The van der Waals surface area contributed by atoms with Crippen LogP contribution in [0.5, 0.6) is 17.2 Å². The lowest BCUT2D eigenvalue weighted by Gasteiger charge is -2.18. The fraction of sp³-hybridized carbons (Fsp3) is 0.381. The molecule has 0 aliphatic rings. The Labute approximate surface area is 160 Å². The molecule has 2 rings (SSSR count). The molecule has 6 nitrogen and oxygen atoms in total. The minimum absolute atomic E-state index is 0.329. The maximum absolute atomic E-state index is 12.5. The molecule has 2 aromatic carbocycles. The monoisotopic (exact) mass is 372 g/mol. The van der Waals surface area contributed by atoms with E-state index in [9.17, 15) is 4.79 Å². The zero-order valence-corrected chi connectivity index (χ0v) is 16.4. The number of anilines is 2. The normalized spacial score (nSPS) is 10.2. The van der Waals surface area contributed by atoms with Crippen LogP contribution in [0.2, 0.25) is 0 Å². The SMILES string of the molecule is CCOc1cc(NC(=O)Nc2ccccc2CC)cc(OCC)c1OCC. The molecule has 0 saturated heterocycles. The minimum Gasteiger partial charge on any atom is -0.490 e. The molecule has 0 aliphatic carbocycles. The highest BCUT2D eigenvalue weighted by Gasteiger charge is 2.16. The molecule has 0 unspecified atom stereocenters. The van der Waals surface area contributed by atoms with Gasteiger partial charge in [-0.3, -0.25) is 0 Å². The summed E-state index contributed by atoms with van der Waals surface area (Å²) in [6, 6.07) is 10.9. The van der Waals surface area contributed by atoms with Gasteiger partial charge < -0.3 is 24.8 Å². The van der Waals surface area contributed by atoms with Gasteiger partial charge in [-0.2, -0.15) is 0 Å². The van der Waals surface area contributed by atoms with Crippen molar-refractivity contribution in [3.05, 3.63) is 42.0 Å². The smallest absolute Gasteiger partial charge is 0.323 e. The average molecular weight is 372 g/mol. The zero-order chi connectivity index (χ0) is 19.6. The minimum atomic E-state index is -0.329. The summed E-state index contributed by atoms with van der Waals surface area (Å²) in [5.74, 6) is 1.62. The fourth-order valence-corrected chi connectivity index (χ4v) is 2.70. The van der Waals surface area contributed by atoms with Crippen molar-refractivity contribution in [2.45, 2.75) is 34.1 Å². The Morgan fingerprint density at radius 1 is 0.852 bits per heavy atom. The standard InChI is InChI=1S/C21H28N2O4/c1-5-15-11-9-10-12-17(15)23-21(24)22-16-13-18(25-6-2)20(27-8-4)19(14-16)26-7-3/h9-14H,5-8H2,1-4H3,(H2,22,23,24). The van der Waals surface area contributed by atoms with Crippen molar-refractivity contribution >= 4 is 17.4 Å². The molecule has 2 aromatic rings. The second kappa shape index (κ2) is 10.3. The molecule has 0 fully saturated rings. The van der Waals surface area contributed by atoms with Crippen molar-refractivity contribution in [1.82, 2.24) is 0 Å². The van der Waals surface area contributed by atoms with Crippen molar-refractivity contribution < 1.29 is 19.0 Å². The largest absolute Gasteiger partial charge is 0.490 e. The highest BCUT2D eigenvalue weighted by Crippen LogP contribution is 2.40. The van der Waals surface area contributed by atoms with Crippen LogP contribution in [0.3, 0.4) is 0 Å². The first kappa shape index (κ1) is 20.4. The lowest BCUT2D eigenvalue weighted by molar-refractivity contribution is 0.260. The molecule has 27 heavy (non-hydrogen) atoms. The van der Waals surface area contributed by atoms with E-state index in [1.54, 1.807) is 12.1 Å². The first-order chi connectivity index (χ1) is 13.1. The fourth-order valence-electron chi connectivity index (χ4n) is 2.70. The summed E-state index contributed by atoms with van der Waals surface area (Å²) in [4.78, 5) is 12.5. The number of para-hydroxylation sites is 1. The predicted octanol–water partition coefficient (Wildman–Crippen LogP) is 5.09. The Balaban J connectivity index is 2.24. The summed E-state index contributed by atoms with van der Waals surface area (Å²) in [6.07, 6.45) is 0.836. The van der Waals surface area contributed by atoms with Crippen molar-refractivity contribution in [3.8, 4) is 17.2 Å². The Morgan fingerprint density at radius 2 is 1.44 bits per heavy atom. The molecule has 0 saturated carbocycles. The number of hydrogen-bond acceptors (Lipinski definition) is 4. The van der Waals surface area contributed by atoms with Gasteiger partial charge in [0.1, 0.15) is 0 Å². The number of aryl methyl sites for hydroxylation is 1. The van der Waals surface area contributed by atoms with Gasteiger partial charge in [-0.1, -0.05) is 25.1 Å². The molecule has 0 atom stereocenters. The third-order valence-electron chi connectivity index (χ3n) is 3.81. The Bertz CT molecular complexity index is 735. The highest BCUT2D eigenvalue weighted by atomic mass is 16.5. The number of amides is 2. The first-order valence-electron chi connectivity index (χ1n) is 9.35. The van der Waals surface area contributed by atoms with E-state index in [-0.39, 0.29) is 6.03 Å². The van der Waals surface area contributed by atoms with E-state index >= 15 is 0 Å². The average Bonchev–Trinajstić information content (AvgIpc) is 2.65. The van der Waals surface area contributed by atoms with E-state index in [0.717, 1.165) is 17.7 Å². The second-order valence-corrected chi connectivity index (χ2v) is 5.69. The number of urea groups is 1. The van der Waals surface area contributed by atoms with Crippen molar-refractivity contribution in [1.29, 1.82) is 0 Å². The molecule has 2 amide bonds. The molecule has 0 radical (unpaired) electrons. The van der Waals surface area contributed by atoms with Crippen LogP contribution in [0.15, 0.2) is 36.4 Å². The van der Waals surface area contributed by atoms with Gasteiger partial charge in [-0.05, 0) is 38.8 Å². The number of benzene rings is 2. The van der Waals surface area contributed by atoms with E-state index in [2.05, 4.69) is 10.6 Å². The maximum atomic E-state index is 12.5. The van der Waals surface area contributed by atoms with E-state index < -0.39 is 0 Å². The number of rotatable bonds is 9. The second-order valence-electron chi connectivity index (χ2n) is 5.69. The van der Waals surface area contributed by atoms with Gasteiger partial charge in [0.05, 0.1) is 25.5 Å². The topological polar surface area (TPSA) is 68.8 Å². The molecule has 0 aromatic heterocycles. The van der Waals surface area contributed by atoms with E-state index in [4.69, 9.17) is 14.2 Å². The summed E-state index contributed by atoms with van der Waals surface area (Å²) in [6.45, 7) is 9.18. The molecule has 146 valence electrons. The lowest BCUT2D eigenvalue weighted by Crippen LogP contribution is -2.20. The molecule has 0 aliphatic heterocycles. The van der Waals surface area contributed by atoms with Gasteiger partial charge in [0.2, 0.25) is 5.75 Å². The van der Waals surface area contributed by atoms with Crippen LogP contribution in [0, 0.1) is 0 Å². The third kappa shape index (κ3) is 5.54. The summed E-state index contributed by atoms with van der Waals surface area (Å²) >= 11 is 0. The van der Waals surface area contributed by atoms with E-state index in [0.29, 0.717) is 42.8 Å². The molecule has 0 spiro atoms. The zero-order valence-electron chi connectivity index (χ0n) is 16.4. The molecule has 0 heterocycles. The molecular weight excluding hydrogens is 344 g/mol. The van der Waals surface area contributed by atoms with Gasteiger partial charge in [-0.15, -0.1) is 0 Å². The number of ether oxygens (including phenoxy) is 3. The third-order valence-corrected chi connectivity index (χ3v) is 3.81. The Morgan fingerprint density at radius 3 is 2.00 bits per heavy atom. The van der Waals surface area contributed by atoms with Gasteiger partial charge in [0, 0.05) is 17.8 Å². The number of carbonyl (C=O) groups excluding carboxylic acids is 1. The van der Waals surface area contributed by atoms with Crippen LogP contribution < -0.4 is 24.8 Å². The van der Waals surface area contributed by atoms with Gasteiger partial charge in [-0.25, -0.2) is 4.79 Å². The van der Waals surface area contributed by atoms with E-state index in [1.807, 2.05) is 52.0 Å². The maximum Gasteiger partial charge on any atom is 0.323 e. The van der Waals surface area contributed by atoms with Gasteiger partial charge in [0.25, 0.3) is 0 Å². The quantitative estimate of drug-likeness (QED) is 0.643. The van der Waals surface area contributed by atoms with Crippen LogP contribution in [0.4, 0.5) is 16.2 Å². The van der Waals surface area contributed by atoms with E-state index in [1.165, 1.54) is 0 Å². The highest BCUT2D eigenvalue weighted by molar-refractivity contribution is 6.00. The number of hydrogen-bond donors (Lipinski definition) is 2. The summed E-state index contributed by atoms with van der Waals surface area (Å²) in [7, 11) is 0. The predicted molar refractivity (Wildman–Crippen MR) is 108 cm³/mol. The molecule has 2 N–H and O–H groups in total. The number of carbonyl (C=O) groups is 1. The van der Waals surface area contributed by atoms with Crippen LogP contribution in [0.25, 0.3) is 0 Å². The summed E-state index contributed by atoms with van der Waals surface area (Å²) in [5, 5.41) is 5.73. The molecule has 0 bridgehead atoms. The van der Waals surface area contributed by atoms with Crippen LogP contribution in [-0.2, 0) is 6.42 Å². The Kier molecular flexibility index (Phi) is 7.79. The molecule has 6 heteroatoms. The van der Waals surface area contributed by atoms with Crippen molar-refractivity contribution in [2.24, 2.45) is 0 Å². The van der Waals surface area contributed by atoms with Crippen molar-refractivity contribution in [3.63, 3.8) is 0 Å². The van der Waals surface area contributed by atoms with Gasteiger partial charge >= 0.3 is 6.03 Å². The lowest BCUT2D eigenvalue weighted by atomic mass is 10.1. The number of nitrogens with one attached hydrogen (secondary N) is 2. The van der Waals surface area contributed by atoms with Crippen LogP contribution in [-0.4, -0.2) is 25.9 Å². The molecular formula is C21H28N2O4.